The molecule has 0 amide bonds. The number of piperidine rings is 1. The second-order valence-electron chi connectivity index (χ2n) is 4.92. The monoisotopic (exact) mass is 210 g/mol. The summed E-state index contributed by atoms with van der Waals surface area (Å²) in [5, 5.41) is 0. The van der Waals surface area contributed by atoms with Crippen molar-refractivity contribution < 1.29 is 0 Å². The fourth-order valence-corrected chi connectivity index (χ4v) is 2.06. The Morgan fingerprint density at radius 3 is 2.67 bits per heavy atom. The Morgan fingerprint density at radius 1 is 1.33 bits per heavy atom. The molecule has 2 fully saturated rings. The number of nitrogens with zero attached hydrogens (tertiary/aromatic N) is 3. The quantitative estimate of drug-likeness (QED) is 0.533. The summed E-state index contributed by atoms with van der Waals surface area (Å²) in [4.78, 5) is 9.04. The van der Waals surface area contributed by atoms with E-state index in [4.69, 9.17) is 5.73 Å². The molecular formula is C11H22N4. The van der Waals surface area contributed by atoms with Crippen LogP contribution in [0.4, 0.5) is 0 Å². The Labute approximate surface area is 92.1 Å². The average molecular weight is 210 g/mol. The molecule has 1 saturated heterocycles. The summed E-state index contributed by atoms with van der Waals surface area (Å²) in [6.45, 7) is 2.11. The molecule has 15 heavy (non-hydrogen) atoms. The average Bonchev–Trinajstić information content (AvgIpc) is 3.02. The van der Waals surface area contributed by atoms with Crippen LogP contribution in [0.3, 0.4) is 0 Å². The Balaban J connectivity index is 1.91. The maximum Gasteiger partial charge on any atom is 0.191 e. The van der Waals surface area contributed by atoms with Crippen molar-refractivity contribution in [1.29, 1.82) is 0 Å². The van der Waals surface area contributed by atoms with Gasteiger partial charge in [0.15, 0.2) is 5.96 Å². The predicted octanol–water partition coefficient (Wildman–Crippen LogP) is 0.490. The number of aliphatic imine (C=N–C) groups is 1. The summed E-state index contributed by atoms with van der Waals surface area (Å²) in [5.41, 5.74) is 6.01. The van der Waals surface area contributed by atoms with E-state index in [2.05, 4.69) is 28.9 Å². The molecule has 4 heteroatoms. The number of likely N-dealkylation sites (tertiary alicyclic amines) is 1. The zero-order valence-corrected chi connectivity index (χ0v) is 9.82. The predicted molar refractivity (Wildman–Crippen MR) is 62.9 cm³/mol. The van der Waals surface area contributed by atoms with E-state index in [1.807, 2.05) is 0 Å². The van der Waals surface area contributed by atoms with E-state index in [1.54, 1.807) is 0 Å². The number of nitrogens with two attached hydrogens (primary N) is 1. The smallest absolute Gasteiger partial charge is 0.191 e. The lowest BCUT2D eigenvalue weighted by molar-refractivity contribution is 0.183. The third-order valence-corrected chi connectivity index (χ3v) is 3.31. The molecular weight excluding hydrogens is 188 g/mol. The van der Waals surface area contributed by atoms with Crippen LogP contribution in [0.2, 0.25) is 0 Å². The Hall–Kier alpha value is -0.770. The summed E-state index contributed by atoms with van der Waals surface area (Å²) in [6, 6.07) is 1.16. The fraction of sp³-hybridized carbons (Fsp3) is 0.909. The van der Waals surface area contributed by atoms with Crippen LogP contribution in [-0.4, -0.2) is 55.0 Å². The van der Waals surface area contributed by atoms with Crippen LogP contribution in [0.1, 0.15) is 25.7 Å². The highest BCUT2D eigenvalue weighted by molar-refractivity contribution is 5.78. The Morgan fingerprint density at radius 2 is 2.07 bits per heavy atom. The van der Waals surface area contributed by atoms with Crippen LogP contribution in [0.5, 0.6) is 0 Å². The zero-order valence-electron chi connectivity index (χ0n) is 9.82. The molecule has 86 valence electrons. The third-order valence-electron chi connectivity index (χ3n) is 3.31. The van der Waals surface area contributed by atoms with Gasteiger partial charge in [-0.05, 0) is 39.8 Å². The van der Waals surface area contributed by atoms with Crippen LogP contribution in [0, 0.1) is 0 Å². The SMILES string of the molecule is CN(C)C1CCCN(C(N)=NC2CC2)C1. The van der Waals surface area contributed by atoms with Gasteiger partial charge in [-0.3, -0.25) is 0 Å². The first-order chi connectivity index (χ1) is 7.16. The van der Waals surface area contributed by atoms with Crippen LogP contribution in [0.25, 0.3) is 0 Å². The Kier molecular flexibility index (Phi) is 3.14. The first kappa shape index (κ1) is 10.7. The summed E-state index contributed by atoms with van der Waals surface area (Å²) < 4.78 is 0. The van der Waals surface area contributed by atoms with Gasteiger partial charge in [0.25, 0.3) is 0 Å². The summed E-state index contributed by atoms with van der Waals surface area (Å²) in [7, 11) is 4.28. The van der Waals surface area contributed by atoms with Crippen LogP contribution in [-0.2, 0) is 0 Å². The molecule has 1 saturated carbocycles. The zero-order chi connectivity index (χ0) is 10.8. The molecule has 1 unspecified atom stereocenters. The van der Waals surface area contributed by atoms with Crippen molar-refractivity contribution in [3.8, 4) is 0 Å². The topological polar surface area (TPSA) is 44.9 Å². The highest BCUT2D eigenvalue weighted by Gasteiger charge is 2.25. The number of rotatable bonds is 2. The highest BCUT2D eigenvalue weighted by atomic mass is 15.3. The lowest BCUT2D eigenvalue weighted by atomic mass is 10.1. The van der Waals surface area contributed by atoms with Gasteiger partial charge in [0.05, 0.1) is 6.04 Å². The molecule has 2 rings (SSSR count). The minimum absolute atomic E-state index is 0.532. The normalized spacial score (nSPS) is 28.6. The molecule has 4 nitrogen and oxygen atoms in total. The standard InChI is InChI=1S/C11H22N4/c1-14(2)10-4-3-7-15(8-10)11(12)13-9-5-6-9/h9-10H,3-8H2,1-2H3,(H2,12,13). The summed E-state index contributed by atoms with van der Waals surface area (Å²) >= 11 is 0. The van der Waals surface area contributed by atoms with E-state index in [-0.39, 0.29) is 0 Å². The molecule has 0 aromatic carbocycles. The van der Waals surface area contributed by atoms with E-state index in [1.165, 1.54) is 25.7 Å². The molecule has 2 N–H and O–H groups in total. The maximum atomic E-state index is 6.01. The Bertz CT molecular complexity index is 245. The van der Waals surface area contributed by atoms with E-state index in [9.17, 15) is 0 Å². The fourth-order valence-electron chi connectivity index (χ4n) is 2.06. The summed E-state index contributed by atoms with van der Waals surface area (Å²) in [5.74, 6) is 0.768. The number of hydrogen-bond acceptors (Lipinski definition) is 2. The van der Waals surface area contributed by atoms with Gasteiger partial charge >= 0.3 is 0 Å². The van der Waals surface area contributed by atoms with E-state index < -0.39 is 0 Å². The molecule has 0 aromatic rings. The molecule has 2 aliphatic rings. The van der Waals surface area contributed by atoms with Crippen molar-refractivity contribution >= 4 is 5.96 Å². The minimum atomic E-state index is 0.532. The van der Waals surface area contributed by atoms with Gasteiger partial charge in [-0.15, -0.1) is 0 Å². The van der Waals surface area contributed by atoms with Crippen molar-refractivity contribution in [2.45, 2.75) is 37.8 Å². The lowest BCUT2D eigenvalue weighted by Gasteiger charge is -2.36. The molecule has 1 aliphatic heterocycles. The van der Waals surface area contributed by atoms with Crippen molar-refractivity contribution in [2.75, 3.05) is 27.2 Å². The van der Waals surface area contributed by atoms with Gasteiger partial charge in [0.1, 0.15) is 0 Å². The first-order valence-electron chi connectivity index (χ1n) is 5.91. The van der Waals surface area contributed by atoms with Gasteiger partial charge in [-0.25, -0.2) is 4.99 Å². The molecule has 0 radical (unpaired) electrons. The van der Waals surface area contributed by atoms with Gasteiger partial charge in [0.2, 0.25) is 0 Å². The van der Waals surface area contributed by atoms with Crippen molar-refractivity contribution in [3.63, 3.8) is 0 Å². The van der Waals surface area contributed by atoms with Gasteiger partial charge in [0, 0.05) is 19.1 Å². The van der Waals surface area contributed by atoms with E-state index >= 15 is 0 Å². The van der Waals surface area contributed by atoms with Crippen molar-refractivity contribution in [2.24, 2.45) is 10.7 Å². The first-order valence-corrected chi connectivity index (χ1v) is 5.91. The molecule has 0 aromatic heterocycles. The van der Waals surface area contributed by atoms with Crippen molar-refractivity contribution in [1.82, 2.24) is 9.80 Å². The summed E-state index contributed by atoms with van der Waals surface area (Å²) in [6.07, 6.45) is 4.96. The van der Waals surface area contributed by atoms with Gasteiger partial charge in [-0.1, -0.05) is 0 Å². The minimum Gasteiger partial charge on any atom is -0.370 e. The third kappa shape index (κ3) is 2.84. The van der Waals surface area contributed by atoms with Gasteiger partial charge < -0.3 is 15.5 Å². The second-order valence-corrected chi connectivity index (χ2v) is 4.92. The number of likely N-dealkylation sites (N-methyl/N-ethyl adjacent to an activating group) is 1. The highest BCUT2D eigenvalue weighted by Crippen LogP contribution is 2.24. The number of hydrogen-bond donors (Lipinski definition) is 1. The molecule has 1 aliphatic carbocycles. The van der Waals surface area contributed by atoms with Crippen LogP contribution < -0.4 is 5.73 Å². The second kappa shape index (κ2) is 4.39. The van der Waals surface area contributed by atoms with E-state index in [0.717, 1.165) is 19.0 Å². The molecule has 1 heterocycles. The van der Waals surface area contributed by atoms with Crippen LogP contribution in [0.15, 0.2) is 4.99 Å². The molecule has 1 atom stereocenters. The van der Waals surface area contributed by atoms with Gasteiger partial charge in [-0.2, -0.15) is 0 Å². The molecule has 0 bridgehead atoms. The largest absolute Gasteiger partial charge is 0.370 e. The number of guanidine groups is 1. The molecule has 0 spiro atoms. The lowest BCUT2D eigenvalue weighted by Crippen LogP contribution is -2.50. The maximum absolute atomic E-state index is 6.01. The van der Waals surface area contributed by atoms with Crippen molar-refractivity contribution in [3.05, 3.63) is 0 Å². The van der Waals surface area contributed by atoms with Crippen LogP contribution >= 0.6 is 0 Å². The van der Waals surface area contributed by atoms with E-state index in [0.29, 0.717) is 12.1 Å².